The molecule has 5 nitrogen and oxygen atoms in total. The van der Waals surface area contributed by atoms with E-state index < -0.39 is 0 Å². The summed E-state index contributed by atoms with van der Waals surface area (Å²) < 4.78 is 12.2. The molecule has 0 aliphatic rings. The lowest BCUT2D eigenvalue weighted by atomic mass is 9.88. The van der Waals surface area contributed by atoms with E-state index >= 15 is 0 Å². The second-order valence-electron chi connectivity index (χ2n) is 7.76. The van der Waals surface area contributed by atoms with Crippen LogP contribution in [-0.2, 0) is 16.6 Å². The summed E-state index contributed by atoms with van der Waals surface area (Å²) in [5, 5.41) is 0. The minimum atomic E-state index is -0.352. The van der Waals surface area contributed by atoms with Crippen molar-refractivity contribution in [3.05, 3.63) is 64.6 Å². The molecule has 0 atom stereocenters. The predicted molar refractivity (Wildman–Crippen MR) is 106 cm³/mol. The van der Waals surface area contributed by atoms with Gasteiger partial charge in [-0.2, -0.15) is 0 Å². The quantitative estimate of drug-likeness (QED) is 0.645. The van der Waals surface area contributed by atoms with E-state index in [-0.39, 0.29) is 11.4 Å². The summed E-state index contributed by atoms with van der Waals surface area (Å²) in [5.74, 6) is 0.493. The van der Waals surface area contributed by atoms with Crippen molar-refractivity contribution < 1.29 is 14.3 Å². The summed E-state index contributed by atoms with van der Waals surface area (Å²) in [5.41, 5.74) is 5.69. The number of hydrogen-bond donors (Lipinski definition) is 0. The standard InChI is InChI=1S/C22H26N2O3/c1-14-11-17(26-5)9-7-15(14)12-18-20(22(2,3)4)23-19-10-8-16(13-24(18)19)21(25)27-6/h7-11,13H,12H2,1-6H3. The third-order valence-corrected chi connectivity index (χ3v) is 4.76. The topological polar surface area (TPSA) is 52.8 Å². The van der Waals surface area contributed by atoms with Gasteiger partial charge in [0.05, 0.1) is 31.2 Å². The van der Waals surface area contributed by atoms with Crippen LogP contribution in [0.3, 0.4) is 0 Å². The van der Waals surface area contributed by atoms with Gasteiger partial charge in [-0.25, -0.2) is 9.78 Å². The van der Waals surface area contributed by atoms with E-state index in [4.69, 9.17) is 14.5 Å². The van der Waals surface area contributed by atoms with Crippen molar-refractivity contribution >= 4 is 11.6 Å². The number of carbonyl (C=O) groups excluding carboxylic acids is 1. The van der Waals surface area contributed by atoms with Crippen LogP contribution >= 0.6 is 0 Å². The Morgan fingerprint density at radius 1 is 1.15 bits per heavy atom. The maximum Gasteiger partial charge on any atom is 0.339 e. The second-order valence-corrected chi connectivity index (χ2v) is 7.76. The van der Waals surface area contributed by atoms with E-state index in [0.29, 0.717) is 12.0 Å². The van der Waals surface area contributed by atoms with E-state index in [2.05, 4.69) is 33.8 Å². The van der Waals surface area contributed by atoms with Crippen molar-refractivity contribution in [2.45, 2.75) is 39.5 Å². The number of methoxy groups -OCH3 is 2. The zero-order chi connectivity index (χ0) is 19.8. The molecule has 0 saturated heterocycles. The van der Waals surface area contributed by atoms with Crippen LogP contribution in [0.1, 0.15) is 53.6 Å². The first-order chi connectivity index (χ1) is 12.7. The molecule has 0 spiro atoms. The molecule has 0 amide bonds. The van der Waals surface area contributed by atoms with Crippen molar-refractivity contribution in [1.29, 1.82) is 0 Å². The van der Waals surface area contributed by atoms with Gasteiger partial charge >= 0.3 is 5.97 Å². The van der Waals surface area contributed by atoms with E-state index in [1.54, 1.807) is 13.2 Å². The number of rotatable bonds is 4. The summed E-state index contributed by atoms with van der Waals surface area (Å²) in [6.45, 7) is 8.54. The summed E-state index contributed by atoms with van der Waals surface area (Å²) in [4.78, 5) is 16.8. The number of esters is 1. The van der Waals surface area contributed by atoms with Crippen LogP contribution in [-0.4, -0.2) is 29.6 Å². The van der Waals surface area contributed by atoms with Crippen LogP contribution in [0.4, 0.5) is 0 Å². The Morgan fingerprint density at radius 3 is 2.48 bits per heavy atom. The van der Waals surface area contributed by atoms with Crippen LogP contribution in [0.5, 0.6) is 5.75 Å². The Bertz CT molecular complexity index is 997. The minimum Gasteiger partial charge on any atom is -0.497 e. The molecule has 0 N–H and O–H groups in total. The van der Waals surface area contributed by atoms with Crippen LogP contribution in [0.2, 0.25) is 0 Å². The normalized spacial score (nSPS) is 11.6. The molecule has 0 radical (unpaired) electrons. The first-order valence-corrected chi connectivity index (χ1v) is 8.98. The zero-order valence-corrected chi connectivity index (χ0v) is 16.8. The molecular weight excluding hydrogens is 340 g/mol. The molecule has 142 valence electrons. The summed E-state index contributed by atoms with van der Waals surface area (Å²) in [7, 11) is 3.06. The highest BCUT2D eigenvalue weighted by atomic mass is 16.5. The van der Waals surface area contributed by atoms with Crippen molar-refractivity contribution in [2.75, 3.05) is 14.2 Å². The summed E-state index contributed by atoms with van der Waals surface area (Å²) in [6.07, 6.45) is 2.53. The van der Waals surface area contributed by atoms with Crippen molar-refractivity contribution in [2.24, 2.45) is 0 Å². The Hall–Kier alpha value is -2.82. The fourth-order valence-corrected chi connectivity index (χ4v) is 3.28. The van der Waals surface area contributed by atoms with E-state index in [9.17, 15) is 4.79 Å². The number of fused-ring (bicyclic) bond motifs is 1. The summed E-state index contributed by atoms with van der Waals surface area (Å²) in [6, 6.07) is 9.72. The highest BCUT2D eigenvalue weighted by molar-refractivity contribution is 5.89. The molecule has 0 saturated carbocycles. The van der Waals surface area contributed by atoms with Gasteiger partial charge < -0.3 is 13.9 Å². The van der Waals surface area contributed by atoms with Gasteiger partial charge in [0.15, 0.2) is 0 Å². The lowest BCUT2D eigenvalue weighted by molar-refractivity contribution is 0.0600. The van der Waals surface area contributed by atoms with Crippen LogP contribution in [0.15, 0.2) is 36.5 Å². The Labute approximate surface area is 159 Å². The monoisotopic (exact) mass is 366 g/mol. The number of nitrogens with zero attached hydrogens (tertiary/aromatic N) is 2. The van der Waals surface area contributed by atoms with Crippen LogP contribution in [0, 0.1) is 6.92 Å². The number of benzene rings is 1. The zero-order valence-electron chi connectivity index (χ0n) is 16.8. The van der Waals surface area contributed by atoms with Crippen LogP contribution < -0.4 is 4.74 Å². The number of carbonyl (C=O) groups is 1. The first kappa shape index (κ1) is 19.0. The highest BCUT2D eigenvalue weighted by Gasteiger charge is 2.25. The van der Waals surface area contributed by atoms with Crippen molar-refractivity contribution in [3.63, 3.8) is 0 Å². The molecule has 5 heteroatoms. The SMILES string of the molecule is COC(=O)c1ccc2nc(C(C)(C)C)c(Cc3ccc(OC)cc3C)n2c1. The molecule has 0 bridgehead atoms. The van der Waals surface area contributed by atoms with Gasteiger partial charge in [-0.05, 0) is 42.3 Å². The van der Waals surface area contributed by atoms with E-state index in [1.807, 2.05) is 28.8 Å². The molecule has 0 aliphatic carbocycles. The van der Waals surface area contributed by atoms with Crippen molar-refractivity contribution in [1.82, 2.24) is 9.38 Å². The maximum atomic E-state index is 12.0. The smallest absolute Gasteiger partial charge is 0.339 e. The number of aryl methyl sites for hydroxylation is 1. The van der Waals surface area contributed by atoms with Gasteiger partial charge in [-0.3, -0.25) is 0 Å². The van der Waals surface area contributed by atoms with Gasteiger partial charge in [-0.15, -0.1) is 0 Å². The molecule has 3 aromatic rings. The molecule has 27 heavy (non-hydrogen) atoms. The van der Waals surface area contributed by atoms with E-state index in [0.717, 1.165) is 28.3 Å². The van der Waals surface area contributed by atoms with Gasteiger partial charge in [0.2, 0.25) is 0 Å². The Morgan fingerprint density at radius 2 is 1.89 bits per heavy atom. The third-order valence-electron chi connectivity index (χ3n) is 4.76. The number of aromatic nitrogens is 2. The van der Waals surface area contributed by atoms with E-state index in [1.165, 1.54) is 12.7 Å². The summed E-state index contributed by atoms with van der Waals surface area (Å²) >= 11 is 0. The lowest BCUT2D eigenvalue weighted by Gasteiger charge is -2.19. The number of imidazole rings is 1. The van der Waals surface area contributed by atoms with Gasteiger partial charge in [0, 0.05) is 18.0 Å². The van der Waals surface area contributed by atoms with Gasteiger partial charge in [-0.1, -0.05) is 26.8 Å². The third kappa shape index (κ3) is 3.68. The van der Waals surface area contributed by atoms with Gasteiger partial charge in [0.25, 0.3) is 0 Å². The predicted octanol–water partition coefficient (Wildman–Crippen LogP) is 4.33. The second kappa shape index (κ2) is 7.06. The molecule has 0 unspecified atom stereocenters. The lowest BCUT2D eigenvalue weighted by Crippen LogP contribution is -2.15. The maximum absolute atomic E-state index is 12.0. The average molecular weight is 366 g/mol. The molecule has 1 aromatic carbocycles. The molecular formula is C22H26N2O3. The Balaban J connectivity index is 2.17. The average Bonchev–Trinajstić information content (AvgIpc) is 3.00. The largest absolute Gasteiger partial charge is 0.497 e. The molecule has 2 heterocycles. The Kier molecular flexibility index (Phi) is 4.96. The van der Waals surface area contributed by atoms with Crippen molar-refractivity contribution in [3.8, 4) is 5.75 Å². The first-order valence-electron chi connectivity index (χ1n) is 8.98. The fourth-order valence-electron chi connectivity index (χ4n) is 3.28. The van der Waals surface area contributed by atoms with Crippen LogP contribution in [0.25, 0.3) is 5.65 Å². The minimum absolute atomic E-state index is 0.118. The highest BCUT2D eigenvalue weighted by Crippen LogP contribution is 2.29. The fraction of sp³-hybridized carbons (Fsp3) is 0.364. The molecule has 2 aromatic heterocycles. The number of ether oxygens (including phenoxy) is 2. The van der Waals surface area contributed by atoms with Gasteiger partial charge in [0.1, 0.15) is 11.4 Å². The number of hydrogen-bond acceptors (Lipinski definition) is 4. The molecule has 3 rings (SSSR count). The number of pyridine rings is 1. The molecule has 0 aliphatic heterocycles. The molecule has 0 fully saturated rings.